The first-order valence-corrected chi connectivity index (χ1v) is 9.43. The van der Waals surface area contributed by atoms with Gasteiger partial charge in [-0.15, -0.1) is 0 Å². The number of rotatable bonds is 5. The van der Waals surface area contributed by atoms with Crippen molar-refractivity contribution in [1.82, 2.24) is 4.67 Å². The Balaban J connectivity index is 2.69. The van der Waals surface area contributed by atoms with Gasteiger partial charge < -0.3 is 9.05 Å². The van der Waals surface area contributed by atoms with Gasteiger partial charge in [-0.25, -0.2) is 9.24 Å². The quantitative estimate of drug-likeness (QED) is 0.721. The fourth-order valence-electron chi connectivity index (χ4n) is 1.54. The number of nitrogens with zero attached hydrogens (tertiary/aromatic N) is 1. The molecule has 1 aliphatic rings. The fraction of sp³-hybridized carbons (Fsp3) is 1.00. The number of hydrogen-bond donors (Lipinski definition) is 0. The van der Waals surface area contributed by atoms with E-state index in [-0.39, 0.29) is 13.2 Å². The Kier molecular flexibility index (Phi) is 6.48. The summed E-state index contributed by atoms with van der Waals surface area (Å²) in [4.78, 5) is 0. The van der Waals surface area contributed by atoms with Crippen LogP contribution in [0.4, 0.5) is 0 Å². The molecule has 1 saturated heterocycles. The van der Waals surface area contributed by atoms with Crippen molar-refractivity contribution in [3.8, 4) is 0 Å². The Morgan fingerprint density at radius 1 is 1.17 bits per heavy atom. The van der Waals surface area contributed by atoms with Gasteiger partial charge in [-0.05, 0) is 13.8 Å². The molecule has 0 aliphatic carbocycles. The first-order valence-electron chi connectivity index (χ1n) is 5.94. The van der Waals surface area contributed by atoms with Crippen LogP contribution < -0.4 is 0 Å². The summed E-state index contributed by atoms with van der Waals surface area (Å²) in [6.07, 6.45) is 0. The molecule has 0 aromatic heterocycles. The van der Waals surface area contributed by atoms with Crippen molar-refractivity contribution >= 4 is 15.3 Å². The SMILES string of the molecule is CCOP(=O)(OCC)N1CCOP(C)(=O)OCC1. The standard InChI is InChI=1S/C9H21NO6P2/c1-4-13-18(12,14-5-2)10-6-8-15-17(3,11)16-9-7-10/h4-9H2,1-3H3. The van der Waals surface area contributed by atoms with Crippen LogP contribution in [0.3, 0.4) is 0 Å². The summed E-state index contributed by atoms with van der Waals surface area (Å²) in [7, 11) is -6.27. The predicted octanol–water partition coefficient (Wildman–Crippen LogP) is 2.34. The zero-order valence-corrected chi connectivity index (χ0v) is 12.8. The molecule has 0 aromatic rings. The van der Waals surface area contributed by atoms with Crippen LogP contribution in [0.15, 0.2) is 0 Å². The molecule has 0 radical (unpaired) electrons. The molecule has 1 rings (SSSR count). The van der Waals surface area contributed by atoms with E-state index in [0.717, 1.165) is 0 Å². The summed E-state index contributed by atoms with van der Waals surface area (Å²) in [5, 5.41) is 0. The third kappa shape index (κ3) is 4.74. The largest absolute Gasteiger partial charge is 0.408 e. The van der Waals surface area contributed by atoms with E-state index >= 15 is 0 Å². The number of hydrogen-bond acceptors (Lipinski definition) is 6. The van der Waals surface area contributed by atoms with Crippen LogP contribution in [0.2, 0.25) is 0 Å². The normalized spacial score (nSPS) is 22.4. The molecule has 1 aliphatic heterocycles. The third-order valence-electron chi connectivity index (χ3n) is 2.28. The van der Waals surface area contributed by atoms with Crippen LogP contribution in [-0.4, -0.2) is 50.9 Å². The van der Waals surface area contributed by atoms with Crippen molar-refractivity contribution in [2.45, 2.75) is 13.8 Å². The molecule has 18 heavy (non-hydrogen) atoms. The lowest BCUT2D eigenvalue weighted by atomic mass is 10.6. The molecule has 0 unspecified atom stereocenters. The lowest BCUT2D eigenvalue weighted by Gasteiger charge is -2.31. The van der Waals surface area contributed by atoms with Crippen LogP contribution in [0, 0.1) is 0 Å². The highest BCUT2D eigenvalue weighted by molar-refractivity contribution is 7.53. The van der Waals surface area contributed by atoms with Crippen molar-refractivity contribution in [2.75, 3.05) is 46.2 Å². The molecule has 0 saturated carbocycles. The Labute approximate surface area is 108 Å². The van der Waals surface area contributed by atoms with Crippen LogP contribution in [0.1, 0.15) is 13.8 Å². The second-order valence-electron chi connectivity index (χ2n) is 3.70. The van der Waals surface area contributed by atoms with Crippen molar-refractivity contribution in [3.63, 3.8) is 0 Å². The molecule has 0 aromatic carbocycles. The van der Waals surface area contributed by atoms with Crippen molar-refractivity contribution in [3.05, 3.63) is 0 Å². The van der Waals surface area contributed by atoms with Gasteiger partial charge in [0, 0.05) is 19.8 Å². The maximum atomic E-state index is 12.5. The summed E-state index contributed by atoms with van der Waals surface area (Å²) in [5.41, 5.74) is 0. The van der Waals surface area contributed by atoms with Gasteiger partial charge in [0.2, 0.25) is 0 Å². The molecule has 1 heterocycles. The Morgan fingerprint density at radius 2 is 1.61 bits per heavy atom. The monoisotopic (exact) mass is 301 g/mol. The molecule has 0 spiro atoms. The van der Waals surface area contributed by atoms with Gasteiger partial charge in [0.15, 0.2) is 0 Å². The van der Waals surface area contributed by atoms with Crippen molar-refractivity contribution in [1.29, 1.82) is 0 Å². The maximum absolute atomic E-state index is 12.5. The Bertz CT molecular complexity index is 326. The third-order valence-corrected chi connectivity index (χ3v) is 5.85. The molecular weight excluding hydrogens is 280 g/mol. The average molecular weight is 301 g/mol. The summed E-state index contributed by atoms with van der Waals surface area (Å²) in [6.45, 7) is 6.51. The molecule has 1 fully saturated rings. The van der Waals surface area contributed by atoms with E-state index in [0.29, 0.717) is 26.3 Å². The first-order chi connectivity index (χ1) is 8.43. The van der Waals surface area contributed by atoms with E-state index in [1.54, 1.807) is 18.5 Å². The topological polar surface area (TPSA) is 74.3 Å². The van der Waals surface area contributed by atoms with Gasteiger partial charge >= 0.3 is 15.3 Å². The minimum atomic E-state index is -3.30. The van der Waals surface area contributed by atoms with E-state index in [1.807, 2.05) is 0 Å². The minimum Gasteiger partial charge on any atom is -0.307 e. The molecule has 7 nitrogen and oxygen atoms in total. The zero-order chi connectivity index (χ0) is 13.6. The molecule has 0 amide bonds. The lowest BCUT2D eigenvalue weighted by Crippen LogP contribution is -2.31. The second kappa shape index (κ2) is 7.15. The van der Waals surface area contributed by atoms with Gasteiger partial charge in [0.1, 0.15) is 0 Å². The first kappa shape index (κ1) is 16.3. The van der Waals surface area contributed by atoms with E-state index < -0.39 is 15.3 Å². The van der Waals surface area contributed by atoms with Gasteiger partial charge in [-0.3, -0.25) is 13.6 Å². The summed E-state index contributed by atoms with van der Waals surface area (Å²) >= 11 is 0. The smallest absolute Gasteiger partial charge is 0.307 e. The van der Waals surface area contributed by atoms with E-state index in [9.17, 15) is 9.13 Å². The molecule has 108 valence electrons. The van der Waals surface area contributed by atoms with Crippen molar-refractivity contribution in [2.24, 2.45) is 0 Å². The van der Waals surface area contributed by atoms with Gasteiger partial charge in [0.25, 0.3) is 0 Å². The van der Waals surface area contributed by atoms with Crippen LogP contribution in [-0.2, 0) is 27.2 Å². The lowest BCUT2D eigenvalue weighted by molar-refractivity contribution is 0.118. The average Bonchev–Trinajstić information content (AvgIpc) is 2.24. The van der Waals surface area contributed by atoms with E-state index in [2.05, 4.69) is 0 Å². The highest BCUT2D eigenvalue weighted by Crippen LogP contribution is 2.53. The Hall–Kier alpha value is 0.260. The van der Waals surface area contributed by atoms with Crippen LogP contribution >= 0.6 is 15.3 Å². The second-order valence-corrected chi connectivity index (χ2v) is 7.77. The maximum Gasteiger partial charge on any atom is 0.408 e. The molecule has 0 atom stereocenters. The van der Waals surface area contributed by atoms with Crippen LogP contribution in [0.25, 0.3) is 0 Å². The van der Waals surface area contributed by atoms with Crippen LogP contribution in [0.5, 0.6) is 0 Å². The van der Waals surface area contributed by atoms with Crippen molar-refractivity contribution < 1.29 is 27.2 Å². The van der Waals surface area contributed by atoms with Gasteiger partial charge in [-0.2, -0.15) is 0 Å². The highest BCUT2D eigenvalue weighted by atomic mass is 31.2. The zero-order valence-electron chi connectivity index (χ0n) is 11.0. The fourth-order valence-corrected chi connectivity index (χ4v) is 4.15. The summed E-state index contributed by atoms with van der Waals surface area (Å²) in [5.74, 6) is 0. The minimum absolute atomic E-state index is 0.165. The Morgan fingerprint density at radius 3 is 2.00 bits per heavy atom. The molecular formula is C9H21NO6P2. The molecule has 9 heteroatoms. The summed E-state index contributed by atoms with van der Waals surface area (Å²) in [6, 6.07) is 0. The van der Waals surface area contributed by atoms with E-state index in [4.69, 9.17) is 18.1 Å². The highest BCUT2D eigenvalue weighted by Gasteiger charge is 2.34. The predicted molar refractivity (Wildman–Crippen MR) is 67.9 cm³/mol. The molecule has 0 N–H and O–H groups in total. The van der Waals surface area contributed by atoms with Gasteiger partial charge in [-0.1, -0.05) is 0 Å². The summed E-state index contributed by atoms with van der Waals surface area (Å²) < 4.78 is 46.4. The molecule has 0 bridgehead atoms. The van der Waals surface area contributed by atoms with E-state index in [1.165, 1.54) is 6.66 Å². The van der Waals surface area contributed by atoms with Gasteiger partial charge in [0.05, 0.1) is 26.4 Å².